The molecule has 1 aliphatic carbocycles. The minimum Gasteiger partial charge on any atom is -0.397 e. The van der Waals surface area contributed by atoms with Crippen molar-refractivity contribution in [2.45, 2.75) is 19.3 Å². The van der Waals surface area contributed by atoms with Crippen LogP contribution in [0.25, 0.3) is 5.69 Å². The fraction of sp³-hybridized carbons (Fsp3) is 0.158. The molecule has 4 rings (SSSR count). The molecule has 5 nitrogen and oxygen atoms in total. The van der Waals surface area contributed by atoms with Crippen molar-refractivity contribution in [1.29, 1.82) is 0 Å². The van der Waals surface area contributed by atoms with E-state index >= 15 is 0 Å². The zero-order chi connectivity index (χ0) is 18.3. The number of anilines is 2. The van der Waals surface area contributed by atoms with Crippen LogP contribution in [0.4, 0.5) is 11.4 Å². The van der Waals surface area contributed by atoms with Gasteiger partial charge < -0.3 is 11.1 Å². The molecule has 0 unspecified atom stereocenters. The molecule has 1 aromatic heterocycles. The smallest absolute Gasteiger partial charge is 0.276 e. The first-order chi connectivity index (χ1) is 12.5. The number of amides is 1. The molecule has 0 bridgehead atoms. The molecule has 3 aromatic rings. The third-order valence-electron chi connectivity index (χ3n) is 4.49. The number of nitrogens with zero attached hydrogens (tertiary/aromatic N) is 2. The van der Waals surface area contributed by atoms with Crippen LogP contribution in [0.15, 0.2) is 42.5 Å². The molecule has 1 aliphatic rings. The number of benzene rings is 2. The average molecular weight is 387 g/mol. The van der Waals surface area contributed by atoms with Crippen molar-refractivity contribution in [3.8, 4) is 5.69 Å². The topological polar surface area (TPSA) is 72.9 Å². The maximum absolute atomic E-state index is 12.8. The van der Waals surface area contributed by atoms with Crippen molar-refractivity contribution >= 4 is 40.5 Å². The molecule has 2 aromatic carbocycles. The van der Waals surface area contributed by atoms with E-state index in [-0.39, 0.29) is 5.91 Å². The van der Waals surface area contributed by atoms with Gasteiger partial charge >= 0.3 is 0 Å². The molecule has 0 spiro atoms. The van der Waals surface area contributed by atoms with Crippen LogP contribution >= 0.6 is 23.2 Å². The average Bonchev–Trinajstić information content (AvgIpc) is 3.20. The third-order valence-corrected chi connectivity index (χ3v) is 5.03. The van der Waals surface area contributed by atoms with Gasteiger partial charge in [-0.05, 0) is 49.6 Å². The predicted octanol–water partition coefficient (Wildman–Crippen LogP) is 4.50. The second-order valence-corrected chi connectivity index (χ2v) is 7.02. The van der Waals surface area contributed by atoms with Crippen LogP contribution in [0.5, 0.6) is 0 Å². The van der Waals surface area contributed by atoms with Crippen molar-refractivity contribution < 1.29 is 4.79 Å². The van der Waals surface area contributed by atoms with Gasteiger partial charge in [0.15, 0.2) is 5.69 Å². The largest absolute Gasteiger partial charge is 0.397 e. The second kappa shape index (κ2) is 6.67. The number of nitrogen functional groups attached to an aromatic ring is 1. The lowest BCUT2D eigenvalue weighted by atomic mass is 10.2. The highest BCUT2D eigenvalue weighted by molar-refractivity contribution is 6.35. The van der Waals surface area contributed by atoms with E-state index in [0.29, 0.717) is 32.8 Å². The Balaban J connectivity index is 1.74. The number of nitrogens with two attached hydrogens (primary N) is 1. The highest BCUT2D eigenvalue weighted by Gasteiger charge is 2.27. The molecule has 0 saturated heterocycles. The van der Waals surface area contributed by atoms with Crippen LogP contribution in [-0.2, 0) is 12.8 Å². The molecular weight excluding hydrogens is 371 g/mol. The van der Waals surface area contributed by atoms with Crippen molar-refractivity contribution in [2.75, 3.05) is 11.1 Å². The molecule has 1 amide bonds. The van der Waals surface area contributed by atoms with Gasteiger partial charge in [-0.15, -0.1) is 0 Å². The first kappa shape index (κ1) is 16.9. The summed E-state index contributed by atoms with van der Waals surface area (Å²) in [5.41, 5.74) is 10.1. The normalized spacial score (nSPS) is 12.8. The maximum atomic E-state index is 12.8. The van der Waals surface area contributed by atoms with Gasteiger partial charge in [-0.2, -0.15) is 5.10 Å². The Morgan fingerprint density at radius 3 is 2.73 bits per heavy atom. The van der Waals surface area contributed by atoms with E-state index in [1.54, 1.807) is 28.9 Å². The Kier molecular flexibility index (Phi) is 4.34. The van der Waals surface area contributed by atoms with Crippen LogP contribution in [-0.4, -0.2) is 15.7 Å². The number of hydrogen-bond acceptors (Lipinski definition) is 3. The van der Waals surface area contributed by atoms with E-state index in [9.17, 15) is 4.79 Å². The van der Waals surface area contributed by atoms with Gasteiger partial charge in [0.2, 0.25) is 0 Å². The summed E-state index contributed by atoms with van der Waals surface area (Å²) in [5.74, 6) is -0.273. The van der Waals surface area contributed by atoms with E-state index in [1.165, 1.54) is 0 Å². The molecule has 26 heavy (non-hydrogen) atoms. The van der Waals surface area contributed by atoms with Crippen molar-refractivity contribution in [1.82, 2.24) is 9.78 Å². The van der Waals surface area contributed by atoms with Crippen LogP contribution < -0.4 is 11.1 Å². The van der Waals surface area contributed by atoms with Gasteiger partial charge in [0.1, 0.15) is 0 Å². The van der Waals surface area contributed by atoms with Crippen molar-refractivity contribution in [2.24, 2.45) is 0 Å². The fourth-order valence-electron chi connectivity index (χ4n) is 3.26. The molecule has 0 atom stereocenters. The summed E-state index contributed by atoms with van der Waals surface area (Å²) in [6.07, 6.45) is 2.64. The predicted molar refractivity (Wildman–Crippen MR) is 104 cm³/mol. The molecule has 1 heterocycles. The first-order valence-corrected chi connectivity index (χ1v) is 9.02. The summed E-state index contributed by atoms with van der Waals surface area (Å²) in [5, 5.41) is 8.46. The Bertz CT molecular complexity index is 1010. The molecule has 0 radical (unpaired) electrons. The van der Waals surface area contributed by atoms with Gasteiger partial charge in [-0.25, -0.2) is 4.68 Å². The number of hydrogen-bond donors (Lipinski definition) is 2. The molecule has 0 aliphatic heterocycles. The van der Waals surface area contributed by atoms with E-state index in [1.807, 2.05) is 18.2 Å². The van der Waals surface area contributed by atoms with Gasteiger partial charge in [-0.3, -0.25) is 4.79 Å². The number of fused-ring (bicyclic) bond motifs is 1. The quantitative estimate of drug-likeness (QED) is 0.650. The van der Waals surface area contributed by atoms with Crippen LogP contribution in [0.1, 0.15) is 28.2 Å². The SMILES string of the molecule is Nc1ccccc1NC(=O)c1nn(-c2ccc(Cl)cc2Cl)c2c1CCC2. The third kappa shape index (κ3) is 2.93. The monoisotopic (exact) mass is 386 g/mol. The molecule has 132 valence electrons. The number of halogens is 2. The van der Waals surface area contributed by atoms with Crippen LogP contribution in [0.3, 0.4) is 0 Å². The summed E-state index contributed by atoms with van der Waals surface area (Å²) in [6, 6.07) is 12.4. The Labute approximate surface area is 160 Å². The number of rotatable bonds is 3. The zero-order valence-electron chi connectivity index (χ0n) is 13.8. The number of nitrogens with one attached hydrogen (secondary N) is 1. The highest BCUT2D eigenvalue weighted by atomic mass is 35.5. The second-order valence-electron chi connectivity index (χ2n) is 6.18. The molecule has 0 fully saturated rings. The molecule has 3 N–H and O–H groups in total. The minimum atomic E-state index is -0.273. The van der Waals surface area contributed by atoms with Crippen LogP contribution in [0, 0.1) is 0 Å². The summed E-state index contributed by atoms with van der Waals surface area (Å²) < 4.78 is 1.75. The summed E-state index contributed by atoms with van der Waals surface area (Å²) in [4.78, 5) is 12.8. The number of aromatic nitrogens is 2. The first-order valence-electron chi connectivity index (χ1n) is 8.26. The van der Waals surface area contributed by atoms with E-state index in [0.717, 1.165) is 30.5 Å². The Hall–Kier alpha value is -2.50. The van der Waals surface area contributed by atoms with E-state index in [2.05, 4.69) is 10.4 Å². The molecule has 0 saturated carbocycles. The molecular formula is C19H16Cl2N4O. The van der Waals surface area contributed by atoms with E-state index in [4.69, 9.17) is 28.9 Å². The van der Waals surface area contributed by atoms with Gasteiger partial charge in [0.05, 0.1) is 22.1 Å². The summed E-state index contributed by atoms with van der Waals surface area (Å²) in [7, 11) is 0. The lowest BCUT2D eigenvalue weighted by Crippen LogP contribution is -2.16. The minimum absolute atomic E-state index is 0.273. The number of carbonyl (C=O) groups is 1. The molecule has 7 heteroatoms. The Morgan fingerprint density at radius 2 is 1.96 bits per heavy atom. The lowest BCUT2D eigenvalue weighted by molar-refractivity contribution is 0.102. The van der Waals surface area contributed by atoms with E-state index < -0.39 is 0 Å². The summed E-state index contributed by atoms with van der Waals surface area (Å²) in [6.45, 7) is 0. The summed E-state index contributed by atoms with van der Waals surface area (Å²) >= 11 is 12.3. The van der Waals surface area contributed by atoms with Gasteiger partial charge in [-0.1, -0.05) is 35.3 Å². The van der Waals surface area contributed by atoms with Crippen LogP contribution in [0.2, 0.25) is 10.0 Å². The van der Waals surface area contributed by atoms with Crippen molar-refractivity contribution in [3.05, 3.63) is 69.5 Å². The fourth-order valence-corrected chi connectivity index (χ4v) is 3.75. The Morgan fingerprint density at radius 1 is 1.15 bits per heavy atom. The van der Waals surface area contributed by atoms with Crippen molar-refractivity contribution in [3.63, 3.8) is 0 Å². The highest BCUT2D eigenvalue weighted by Crippen LogP contribution is 2.32. The van der Waals surface area contributed by atoms with Gasteiger partial charge in [0, 0.05) is 16.3 Å². The maximum Gasteiger partial charge on any atom is 0.276 e. The zero-order valence-corrected chi connectivity index (χ0v) is 15.3. The standard InChI is InChI=1S/C19H16Cl2N4O/c20-11-8-9-17(13(21)10-11)25-16-7-3-4-12(16)18(24-25)19(26)23-15-6-2-1-5-14(15)22/h1-2,5-6,8-10H,3-4,7,22H2,(H,23,26). The number of para-hydroxylation sites is 2. The van der Waals surface area contributed by atoms with Gasteiger partial charge in [0.25, 0.3) is 5.91 Å². The number of carbonyl (C=O) groups excluding carboxylic acids is 1. The lowest BCUT2D eigenvalue weighted by Gasteiger charge is -2.08.